The molecule has 1 aromatic rings. The predicted molar refractivity (Wildman–Crippen MR) is 96.8 cm³/mol. The zero-order valence-corrected chi connectivity index (χ0v) is 15.4. The van der Waals surface area contributed by atoms with Gasteiger partial charge in [-0.3, -0.25) is 9.59 Å². The number of amides is 2. The second-order valence-electron chi connectivity index (χ2n) is 7.45. The number of aryl methyl sites for hydroxylation is 1. The lowest BCUT2D eigenvalue weighted by atomic mass is 9.81. The molecule has 0 unspecified atom stereocenters. The monoisotopic (exact) mass is 344 g/mol. The fraction of sp³-hybridized carbons (Fsp3) is 0.600. The summed E-state index contributed by atoms with van der Waals surface area (Å²) in [6.07, 6.45) is 4.98. The fourth-order valence-electron chi connectivity index (χ4n) is 3.90. The van der Waals surface area contributed by atoms with Gasteiger partial charge >= 0.3 is 0 Å². The number of ether oxygens (including phenoxy) is 1. The topological polar surface area (TPSA) is 58.6 Å². The number of hydrogen-bond donors (Lipinski definition) is 1. The molecule has 0 saturated heterocycles. The van der Waals surface area contributed by atoms with E-state index in [4.69, 9.17) is 4.74 Å². The van der Waals surface area contributed by atoms with Gasteiger partial charge in [-0.15, -0.1) is 0 Å². The van der Waals surface area contributed by atoms with Gasteiger partial charge in [0, 0.05) is 19.5 Å². The average Bonchev–Trinajstić information content (AvgIpc) is 2.73. The standard InChI is InChI=1S/C20H28N2O3/c1-4-5-18(23)22(3)15-8-10-20(11-9-15)13-21-19(24)16-12-14(2)6-7-17(16)25-20/h6-7,12,15H,4-5,8-11,13H2,1-3H3,(H,21,24). The molecule has 136 valence electrons. The first-order valence-corrected chi connectivity index (χ1v) is 9.27. The minimum absolute atomic E-state index is 0.0621. The highest BCUT2D eigenvalue weighted by Crippen LogP contribution is 2.37. The maximum absolute atomic E-state index is 12.4. The lowest BCUT2D eigenvalue weighted by Crippen LogP contribution is -2.51. The summed E-state index contributed by atoms with van der Waals surface area (Å²) >= 11 is 0. The van der Waals surface area contributed by atoms with Crippen molar-refractivity contribution in [2.45, 2.75) is 64.0 Å². The number of nitrogens with zero attached hydrogens (tertiary/aromatic N) is 1. The summed E-state index contributed by atoms with van der Waals surface area (Å²) in [5.74, 6) is 0.835. The highest BCUT2D eigenvalue weighted by molar-refractivity contribution is 5.97. The number of fused-ring (bicyclic) bond motifs is 1. The van der Waals surface area contributed by atoms with Crippen LogP contribution in [0, 0.1) is 6.92 Å². The second-order valence-corrected chi connectivity index (χ2v) is 7.45. The normalized spacial score (nSPS) is 25.6. The van der Waals surface area contributed by atoms with Crippen molar-refractivity contribution in [2.75, 3.05) is 13.6 Å². The van der Waals surface area contributed by atoms with E-state index >= 15 is 0 Å². The molecule has 0 bridgehead atoms. The molecule has 1 aromatic carbocycles. The molecule has 0 atom stereocenters. The van der Waals surface area contributed by atoms with Crippen LogP contribution in [0.1, 0.15) is 61.4 Å². The van der Waals surface area contributed by atoms with Crippen LogP contribution in [0.25, 0.3) is 0 Å². The molecule has 2 amide bonds. The van der Waals surface area contributed by atoms with Crippen LogP contribution < -0.4 is 10.1 Å². The number of carbonyl (C=O) groups excluding carboxylic acids is 2. The molecule has 2 aliphatic rings. The summed E-state index contributed by atoms with van der Waals surface area (Å²) < 4.78 is 6.36. The maximum atomic E-state index is 12.4. The van der Waals surface area contributed by atoms with Gasteiger partial charge in [-0.05, 0) is 51.2 Å². The lowest BCUT2D eigenvalue weighted by Gasteiger charge is -2.42. The summed E-state index contributed by atoms with van der Waals surface area (Å²) in [5, 5.41) is 3.03. The Labute approximate surface area is 149 Å². The van der Waals surface area contributed by atoms with Crippen molar-refractivity contribution in [3.05, 3.63) is 29.3 Å². The first-order chi connectivity index (χ1) is 11.9. The Morgan fingerprint density at radius 2 is 2.08 bits per heavy atom. The van der Waals surface area contributed by atoms with Crippen LogP contribution in [0.4, 0.5) is 0 Å². The number of nitrogens with one attached hydrogen (secondary N) is 1. The van der Waals surface area contributed by atoms with E-state index in [2.05, 4.69) is 5.32 Å². The Bertz CT molecular complexity index is 663. The summed E-state index contributed by atoms with van der Waals surface area (Å²) in [4.78, 5) is 26.4. The largest absolute Gasteiger partial charge is 0.485 e. The smallest absolute Gasteiger partial charge is 0.255 e. The van der Waals surface area contributed by atoms with Crippen molar-refractivity contribution in [3.63, 3.8) is 0 Å². The van der Waals surface area contributed by atoms with E-state index in [1.54, 1.807) is 0 Å². The van der Waals surface area contributed by atoms with Crippen molar-refractivity contribution < 1.29 is 14.3 Å². The van der Waals surface area contributed by atoms with Crippen LogP contribution >= 0.6 is 0 Å². The number of benzene rings is 1. The molecule has 1 aliphatic carbocycles. The SMILES string of the molecule is CCCC(=O)N(C)C1CCC2(CC1)CNC(=O)c1cc(C)ccc1O2. The maximum Gasteiger partial charge on any atom is 0.255 e. The van der Waals surface area contributed by atoms with Gasteiger partial charge in [0.05, 0.1) is 12.1 Å². The summed E-state index contributed by atoms with van der Waals surface area (Å²) in [7, 11) is 1.91. The van der Waals surface area contributed by atoms with Crippen LogP contribution in [-0.4, -0.2) is 41.9 Å². The van der Waals surface area contributed by atoms with Gasteiger partial charge in [-0.25, -0.2) is 0 Å². The van der Waals surface area contributed by atoms with Gasteiger partial charge < -0.3 is 15.0 Å². The summed E-state index contributed by atoms with van der Waals surface area (Å²) in [6.45, 7) is 4.53. The van der Waals surface area contributed by atoms with E-state index in [1.165, 1.54) is 0 Å². The molecule has 1 N–H and O–H groups in total. The van der Waals surface area contributed by atoms with Crippen LogP contribution in [0.15, 0.2) is 18.2 Å². The Hall–Kier alpha value is -2.04. The third kappa shape index (κ3) is 3.65. The highest BCUT2D eigenvalue weighted by Gasteiger charge is 2.41. The van der Waals surface area contributed by atoms with Crippen molar-refractivity contribution in [2.24, 2.45) is 0 Å². The van der Waals surface area contributed by atoms with E-state index in [-0.39, 0.29) is 23.5 Å². The van der Waals surface area contributed by atoms with Gasteiger partial charge in [0.1, 0.15) is 11.4 Å². The van der Waals surface area contributed by atoms with E-state index in [0.29, 0.717) is 24.3 Å². The van der Waals surface area contributed by atoms with E-state index in [1.807, 2.05) is 44.0 Å². The molecule has 1 fully saturated rings. The number of hydrogen-bond acceptors (Lipinski definition) is 3. The van der Waals surface area contributed by atoms with Crippen molar-refractivity contribution in [1.29, 1.82) is 0 Å². The quantitative estimate of drug-likeness (QED) is 0.917. The third-order valence-electron chi connectivity index (χ3n) is 5.55. The molecule has 5 nitrogen and oxygen atoms in total. The molecule has 0 radical (unpaired) electrons. The molecule has 25 heavy (non-hydrogen) atoms. The summed E-state index contributed by atoms with van der Waals surface area (Å²) in [6, 6.07) is 6.03. The Kier molecular flexibility index (Phi) is 5.02. The van der Waals surface area contributed by atoms with Gasteiger partial charge in [-0.2, -0.15) is 0 Å². The molecule has 1 spiro atoms. The minimum Gasteiger partial charge on any atom is -0.485 e. The fourth-order valence-corrected chi connectivity index (χ4v) is 3.90. The predicted octanol–water partition coefficient (Wildman–Crippen LogP) is 3.06. The van der Waals surface area contributed by atoms with Crippen LogP contribution in [0.3, 0.4) is 0 Å². The molecule has 1 heterocycles. The second kappa shape index (κ2) is 7.06. The van der Waals surface area contributed by atoms with Gasteiger partial charge in [0.25, 0.3) is 5.91 Å². The minimum atomic E-state index is -0.360. The number of rotatable bonds is 3. The third-order valence-corrected chi connectivity index (χ3v) is 5.55. The molecule has 5 heteroatoms. The molecule has 1 saturated carbocycles. The molecule has 1 aliphatic heterocycles. The highest BCUT2D eigenvalue weighted by atomic mass is 16.5. The Balaban J connectivity index is 1.71. The zero-order chi connectivity index (χ0) is 18.0. The van der Waals surface area contributed by atoms with Gasteiger partial charge in [0.2, 0.25) is 5.91 Å². The molecular weight excluding hydrogens is 316 g/mol. The Morgan fingerprint density at radius 3 is 2.76 bits per heavy atom. The van der Waals surface area contributed by atoms with Gasteiger partial charge in [-0.1, -0.05) is 18.6 Å². The Morgan fingerprint density at radius 1 is 1.36 bits per heavy atom. The van der Waals surface area contributed by atoms with Crippen molar-refractivity contribution in [1.82, 2.24) is 10.2 Å². The van der Waals surface area contributed by atoms with Crippen LogP contribution in [0.5, 0.6) is 5.75 Å². The van der Waals surface area contributed by atoms with E-state index in [9.17, 15) is 9.59 Å². The first kappa shape index (κ1) is 17.8. The average molecular weight is 344 g/mol. The number of carbonyl (C=O) groups is 2. The van der Waals surface area contributed by atoms with Crippen molar-refractivity contribution >= 4 is 11.8 Å². The van der Waals surface area contributed by atoms with Gasteiger partial charge in [0.15, 0.2) is 0 Å². The van der Waals surface area contributed by atoms with E-state index in [0.717, 1.165) is 37.7 Å². The zero-order valence-electron chi connectivity index (χ0n) is 15.4. The van der Waals surface area contributed by atoms with Crippen LogP contribution in [-0.2, 0) is 4.79 Å². The first-order valence-electron chi connectivity index (χ1n) is 9.27. The van der Waals surface area contributed by atoms with Crippen LogP contribution in [0.2, 0.25) is 0 Å². The molecule has 3 rings (SSSR count). The lowest BCUT2D eigenvalue weighted by molar-refractivity contribution is -0.133. The van der Waals surface area contributed by atoms with E-state index < -0.39 is 0 Å². The van der Waals surface area contributed by atoms with Crippen molar-refractivity contribution in [3.8, 4) is 5.75 Å². The summed E-state index contributed by atoms with van der Waals surface area (Å²) in [5.41, 5.74) is 1.31. The molecule has 0 aromatic heterocycles. The molecular formula is C20H28N2O3.